The molecule has 3 rings (SSSR count). The minimum Gasteiger partial charge on any atom is -0.456 e. The van der Waals surface area contributed by atoms with E-state index in [1.54, 1.807) is 21.3 Å². The number of hydrogen-bond acceptors (Lipinski definition) is 3. The van der Waals surface area contributed by atoms with E-state index >= 15 is 0 Å². The van der Waals surface area contributed by atoms with Crippen LogP contribution in [0.2, 0.25) is 5.02 Å². The van der Waals surface area contributed by atoms with Crippen molar-refractivity contribution in [3.05, 3.63) is 41.4 Å². The molecule has 0 aliphatic carbocycles. The largest absolute Gasteiger partial charge is 0.456 e. The highest BCUT2D eigenvalue weighted by Gasteiger charge is 2.36. The van der Waals surface area contributed by atoms with Crippen molar-refractivity contribution in [1.29, 1.82) is 0 Å². The second-order valence-corrected chi connectivity index (χ2v) is 7.12. The summed E-state index contributed by atoms with van der Waals surface area (Å²) in [6.07, 6.45) is 0. The fourth-order valence-corrected chi connectivity index (χ4v) is 2.54. The van der Waals surface area contributed by atoms with Gasteiger partial charge in [-0.25, -0.2) is 0 Å². The Hall–Kier alpha value is -1.49. The van der Waals surface area contributed by atoms with Gasteiger partial charge in [-0.15, -0.1) is 0 Å². The van der Waals surface area contributed by atoms with Crippen molar-refractivity contribution >= 4 is 46.5 Å². The summed E-state index contributed by atoms with van der Waals surface area (Å²) in [6, 6.07) is 11.5. The molecule has 0 saturated carbocycles. The van der Waals surface area contributed by atoms with Gasteiger partial charge in [0.1, 0.15) is 11.2 Å². The predicted molar refractivity (Wildman–Crippen MR) is 107 cm³/mol. The molecular formula is C20H25BClO3. The van der Waals surface area contributed by atoms with E-state index in [9.17, 15) is 5.11 Å². The van der Waals surface area contributed by atoms with Crippen LogP contribution in [0.5, 0.6) is 0 Å². The van der Waals surface area contributed by atoms with Gasteiger partial charge in [0.15, 0.2) is 0 Å². The second-order valence-electron chi connectivity index (χ2n) is 6.75. The van der Waals surface area contributed by atoms with Gasteiger partial charge in [-0.05, 0) is 45.3 Å². The van der Waals surface area contributed by atoms with Crippen LogP contribution in [-0.4, -0.2) is 23.8 Å². The van der Waals surface area contributed by atoms with Crippen LogP contribution in [0.3, 0.4) is 0 Å². The number of hydrogen-bond donors (Lipinski definition) is 1. The second kappa shape index (κ2) is 7.41. The summed E-state index contributed by atoms with van der Waals surface area (Å²) in [4.78, 5) is 0. The average molecular weight is 360 g/mol. The van der Waals surface area contributed by atoms with Gasteiger partial charge >= 0.3 is 7.48 Å². The van der Waals surface area contributed by atoms with E-state index in [-0.39, 0.29) is 0 Å². The molecule has 0 fully saturated rings. The van der Waals surface area contributed by atoms with Gasteiger partial charge in [-0.3, -0.25) is 0 Å². The minimum atomic E-state index is -0.984. The van der Waals surface area contributed by atoms with Gasteiger partial charge in [0, 0.05) is 15.8 Å². The van der Waals surface area contributed by atoms with Crippen LogP contribution in [0.1, 0.15) is 41.5 Å². The van der Waals surface area contributed by atoms with E-state index in [2.05, 4.69) is 0 Å². The van der Waals surface area contributed by atoms with E-state index in [1.165, 1.54) is 0 Å². The minimum absolute atomic E-state index is 0.582. The van der Waals surface area contributed by atoms with Gasteiger partial charge < -0.3 is 14.2 Å². The van der Waals surface area contributed by atoms with Crippen molar-refractivity contribution in [2.24, 2.45) is 0 Å². The highest BCUT2D eigenvalue weighted by Crippen LogP contribution is 2.33. The molecule has 3 aromatic rings. The Morgan fingerprint density at radius 3 is 2.28 bits per heavy atom. The maximum Gasteiger partial charge on any atom is 0.332 e. The molecule has 133 valence electrons. The van der Waals surface area contributed by atoms with Gasteiger partial charge in [0.05, 0.1) is 11.2 Å². The van der Waals surface area contributed by atoms with Gasteiger partial charge in [-0.2, -0.15) is 0 Å². The van der Waals surface area contributed by atoms with Crippen molar-refractivity contribution in [3.8, 4) is 0 Å². The highest BCUT2D eigenvalue weighted by atomic mass is 35.5. The summed E-state index contributed by atoms with van der Waals surface area (Å²) in [6.45, 7) is 11.1. The molecule has 3 nitrogen and oxygen atoms in total. The zero-order valence-electron chi connectivity index (χ0n) is 15.7. The molecule has 0 saturated heterocycles. The van der Waals surface area contributed by atoms with E-state index in [0.29, 0.717) is 5.02 Å². The van der Waals surface area contributed by atoms with Crippen LogP contribution in [0.15, 0.2) is 40.8 Å². The van der Waals surface area contributed by atoms with E-state index in [1.807, 2.05) is 64.1 Å². The molecule has 0 unspecified atom stereocenters. The zero-order valence-corrected chi connectivity index (χ0v) is 16.4. The number of aliphatic hydroxyl groups is 1. The van der Waals surface area contributed by atoms with Crippen LogP contribution < -0.4 is 5.46 Å². The standard InChI is InChI=1S/C18H19BClO3.C2H6/c1-17(2,21)18(3,4)23-19-12-9-10-14-15(16(12)20)11-7-5-6-8-13(11)22-14;1-2/h5-10,21H,1-4H3;1-2H3. The molecule has 5 heteroatoms. The Kier molecular flexibility index (Phi) is 5.88. The summed E-state index contributed by atoms with van der Waals surface area (Å²) < 4.78 is 11.6. The SMILES string of the molecule is CC.CC(C)(O)C(C)(C)O[B]c1ccc2oc3ccccc3c2c1Cl. The first-order valence-electron chi connectivity index (χ1n) is 8.54. The van der Waals surface area contributed by atoms with Crippen molar-refractivity contribution in [2.45, 2.75) is 52.7 Å². The molecule has 0 amide bonds. The quantitative estimate of drug-likeness (QED) is 0.661. The van der Waals surface area contributed by atoms with E-state index < -0.39 is 11.2 Å². The lowest BCUT2D eigenvalue weighted by Gasteiger charge is -2.37. The van der Waals surface area contributed by atoms with Gasteiger partial charge in [-0.1, -0.05) is 49.7 Å². The summed E-state index contributed by atoms with van der Waals surface area (Å²) in [5.41, 5.74) is 0.573. The first kappa shape index (κ1) is 19.8. The van der Waals surface area contributed by atoms with Crippen LogP contribution >= 0.6 is 11.6 Å². The van der Waals surface area contributed by atoms with Crippen LogP contribution in [0, 0.1) is 0 Å². The van der Waals surface area contributed by atoms with Crippen LogP contribution in [0.4, 0.5) is 0 Å². The molecule has 1 heterocycles. The first-order valence-corrected chi connectivity index (χ1v) is 8.92. The lowest BCUT2D eigenvalue weighted by Crippen LogP contribution is -2.49. The Bertz CT molecular complexity index is 862. The number of halogens is 1. The Morgan fingerprint density at radius 2 is 1.64 bits per heavy atom. The molecule has 0 aliphatic rings. The lowest BCUT2D eigenvalue weighted by atomic mass is 9.82. The molecule has 0 atom stereocenters. The molecule has 0 aliphatic heterocycles. The molecule has 1 aromatic heterocycles. The smallest absolute Gasteiger partial charge is 0.332 e. The van der Waals surface area contributed by atoms with Gasteiger partial charge in [0.25, 0.3) is 0 Å². The van der Waals surface area contributed by atoms with Crippen molar-refractivity contribution in [3.63, 3.8) is 0 Å². The molecule has 2 aromatic carbocycles. The lowest BCUT2D eigenvalue weighted by molar-refractivity contribution is -0.0893. The molecule has 0 bridgehead atoms. The molecule has 0 spiro atoms. The number of rotatable bonds is 4. The molecular weight excluding hydrogens is 334 g/mol. The van der Waals surface area contributed by atoms with Gasteiger partial charge in [0.2, 0.25) is 0 Å². The maximum atomic E-state index is 10.2. The Labute approximate surface area is 155 Å². The fraction of sp³-hybridized carbons (Fsp3) is 0.400. The Balaban J connectivity index is 0.00000109. The predicted octanol–water partition coefficient (Wildman–Crippen LogP) is 5.08. The summed E-state index contributed by atoms with van der Waals surface area (Å²) >= 11 is 6.57. The third-order valence-electron chi connectivity index (χ3n) is 4.46. The number of fused-ring (bicyclic) bond motifs is 3. The topological polar surface area (TPSA) is 42.6 Å². The number of para-hydroxylation sites is 1. The highest BCUT2D eigenvalue weighted by molar-refractivity contribution is 6.56. The fourth-order valence-electron chi connectivity index (χ4n) is 2.24. The molecule has 1 N–H and O–H groups in total. The molecule has 1 radical (unpaired) electrons. The number of furan rings is 1. The Morgan fingerprint density at radius 1 is 1.00 bits per heavy atom. The molecule has 25 heavy (non-hydrogen) atoms. The van der Waals surface area contributed by atoms with Crippen molar-refractivity contribution in [2.75, 3.05) is 0 Å². The van der Waals surface area contributed by atoms with Crippen LogP contribution in [0.25, 0.3) is 21.9 Å². The monoisotopic (exact) mass is 359 g/mol. The number of benzene rings is 2. The normalized spacial score (nSPS) is 12.2. The summed E-state index contributed by atoms with van der Waals surface area (Å²) in [5, 5.41) is 12.6. The van der Waals surface area contributed by atoms with E-state index in [0.717, 1.165) is 27.4 Å². The average Bonchev–Trinajstić information content (AvgIpc) is 2.94. The summed E-state index contributed by atoms with van der Waals surface area (Å²) in [5.74, 6) is 0. The van der Waals surface area contributed by atoms with Crippen LogP contribution in [-0.2, 0) is 4.65 Å². The maximum absolute atomic E-state index is 10.2. The van der Waals surface area contributed by atoms with Crippen molar-refractivity contribution < 1.29 is 14.2 Å². The first-order chi connectivity index (χ1) is 11.7. The third-order valence-corrected chi connectivity index (χ3v) is 4.87. The third kappa shape index (κ3) is 3.86. The summed E-state index contributed by atoms with van der Waals surface area (Å²) in [7, 11) is 1.60. The van der Waals surface area contributed by atoms with E-state index in [4.69, 9.17) is 20.7 Å². The zero-order chi connectivity index (χ0) is 18.8. The van der Waals surface area contributed by atoms with Crippen molar-refractivity contribution in [1.82, 2.24) is 0 Å².